The van der Waals surface area contributed by atoms with Crippen molar-refractivity contribution in [3.05, 3.63) is 78.4 Å². The van der Waals surface area contributed by atoms with Gasteiger partial charge in [0.05, 0.1) is 4.90 Å². The molecule has 0 spiro atoms. The van der Waals surface area contributed by atoms with E-state index in [0.29, 0.717) is 10.9 Å². The summed E-state index contributed by atoms with van der Waals surface area (Å²) in [5.41, 5.74) is 0.296. The summed E-state index contributed by atoms with van der Waals surface area (Å²) in [5, 5.41) is 0.310. The van der Waals surface area contributed by atoms with Gasteiger partial charge in [-0.15, -0.1) is 0 Å². The molecular formula is C21H19F2NO2S. The molecule has 3 aromatic rings. The molecule has 0 heterocycles. The Morgan fingerprint density at radius 2 is 1.52 bits per heavy atom. The topological polar surface area (TPSA) is 46.2 Å². The van der Waals surface area contributed by atoms with Crippen molar-refractivity contribution in [2.45, 2.75) is 35.1 Å². The van der Waals surface area contributed by atoms with Crippen molar-refractivity contribution in [1.29, 1.82) is 0 Å². The van der Waals surface area contributed by atoms with Crippen molar-refractivity contribution in [1.82, 2.24) is 5.32 Å². The van der Waals surface area contributed by atoms with Gasteiger partial charge in [0.1, 0.15) is 6.04 Å². The van der Waals surface area contributed by atoms with E-state index in [1.165, 1.54) is 24.3 Å². The highest BCUT2D eigenvalue weighted by molar-refractivity contribution is 7.92. The zero-order valence-corrected chi connectivity index (χ0v) is 15.3. The van der Waals surface area contributed by atoms with E-state index in [1.807, 2.05) is 18.2 Å². The Morgan fingerprint density at radius 3 is 2.22 bits per heavy atom. The number of alkyl halides is 2. The number of rotatable bonds is 6. The van der Waals surface area contributed by atoms with Gasteiger partial charge < -0.3 is 5.32 Å². The second-order valence-corrected chi connectivity index (χ2v) is 8.84. The smallest absolute Gasteiger partial charge is 0.301 e. The van der Waals surface area contributed by atoms with E-state index in [0.717, 1.165) is 18.2 Å². The van der Waals surface area contributed by atoms with E-state index in [4.69, 9.17) is 0 Å². The summed E-state index contributed by atoms with van der Waals surface area (Å²) in [6.45, 7) is 0. The van der Waals surface area contributed by atoms with Gasteiger partial charge in [0, 0.05) is 6.04 Å². The molecule has 140 valence electrons. The summed E-state index contributed by atoms with van der Waals surface area (Å²) >= 11 is 0. The maximum absolute atomic E-state index is 15.5. The first-order chi connectivity index (χ1) is 12.9. The minimum Gasteiger partial charge on any atom is -0.301 e. The summed E-state index contributed by atoms with van der Waals surface area (Å²) < 4.78 is 56.6. The van der Waals surface area contributed by atoms with Crippen LogP contribution in [-0.4, -0.2) is 19.7 Å². The van der Waals surface area contributed by atoms with E-state index in [-0.39, 0.29) is 10.9 Å². The molecule has 3 nitrogen and oxygen atoms in total. The van der Waals surface area contributed by atoms with Crippen molar-refractivity contribution in [3.8, 4) is 0 Å². The minimum atomic E-state index is -4.87. The summed E-state index contributed by atoms with van der Waals surface area (Å²) in [6.07, 6.45) is 1.53. The number of benzene rings is 3. The molecule has 1 N–H and O–H groups in total. The number of hydrogen-bond acceptors (Lipinski definition) is 3. The third kappa shape index (κ3) is 3.24. The Morgan fingerprint density at radius 1 is 0.889 bits per heavy atom. The van der Waals surface area contributed by atoms with Crippen molar-refractivity contribution in [3.63, 3.8) is 0 Å². The molecule has 0 radical (unpaired) electrons. The maximum Gasteiger partial charge on any atom is 0.368 e. The second-order valence-electron chi connectivity index (χ2n) is 6.82. The number of hydrogen-bond donors (Lipinski definition) is 1. The summed E-state index contributed by atoms with van der Waals surface area (Å²) in [5.74, 6) is 0. The van der Waals surface area contributed by atoms with Crippen molar-refractivity contribution in [2.75, 3.05) is 0 Å². The lowest BCUT2D eigenvalue weighted by Gasteiger charge is -2.29. The quantitative estimate of drug-likeness (QED) is 0.667. The molecule has 27 heavy (non-hydrogen) atoms. The van der Waals surface area contributed by atoms with E-state index in [1.54, 1.807) is 30.3 Å². The molecule has 1 aliphatic rings. The average molecular weight is 387 g/mol. The molecule has 1 atom stereocenters. The SMILES string of the molecule is O=S(=O)(c1ccccc1)C(F)(F)C(NC1CC1)c1cccc2ccccc12. The lowest BCUT2D eigenvalue weighted by atomic mass is 9.98. The number of fused-ring (bicyclic) bond motifs is 1. The van der Waals surface area contributed by atoms with E-state index >= 15 is 8.78 Å². The standard InChI is InChI=1S/C21H19F2NO2S/c22-21(23,27(25,26)17-9-2-1-3-10-17)20(24-16-13-14-16)19-12-6-8-15-7-4-5-11-18(15)19/h1-12,16,20,24H,13-14H2. The van der Waals surface area contributed by atoms with Gasteiger partial charge in [-0.05, 0) is 41.3 Å². The molecule has 1 saturated carbocycles. The van der Waals surface area contributed by atoms with Gasteiger partial charge in [-0.25, -0.2) is 8.42 Å². The highest BCUT2D eigenvalue weighted by Gasteiger charge is 2.54. The molecule has 0 amide bonds. The first-order valence-electron chi connectivity index (χ1n) is 8.82. The molecule has 6 heteroatoms. The third-order valence-corrected chi connectivity index (χ3v) is 6.71. The predicted octanol–water partition coefficient (Wildman–Crippen LogP) is 4.70. The second kappa shape index (κ2) is 6.69. The highest BCUT2D eigenvalue weighted by Crippen LogP contribution is 2.43. The van der Waals surface area contributed by atoms with E-state index < -0.39 is 21.1 Å². The lowest BCUT2D eigenvalue weighted by Crippen LogP contribution is -2.44. The number of nitrogens with one attached hydrogen (secondary N) is 1. The molecule has 0 bridgehead atoms. The molecule has 0 aromatic heterocycles. The molecule has 1 unspecified atom stereocenters. The molecular weight excluding hydrogens is 368 g/mol. The number of halogens is 2. The molecule has 0 aliphatic heterocycles. The summed E-state index contributed by atoms with van der Waals surface area (Å²) in [4.78, 5) is -0.377. The van der Waals surface area contributed by atoms with E-state index in [9.17, 15) is 8.42 Å². The fourth-order valence-corrected chi connectivity index (χ4v) is 4.60. The van der Waals surface area contributed by atoms with Crippen LogP contribution in [0.5, 0.6) is 0 Å². The monoisotopic (exact) mass is 387 g/mol. The molecule has 4 rings (SSSR count). The van der Waals surface area contributed by atoms with Crippen LogP contribution < -0.4 is 5.32 Å². The molecule has 3 aromatic carbocycles. The van der Waals surface area contributed by atoms with Gasteiger partial charge in [-0.1, -0.05) is 60.7 Å². The van der Waals surface area contributed by atoms with Crippen LogP contribution >= 0.6 is 0 Å². The van der Waals surface area contributed by atoms with Gasteiger partial charge in [0.25, 0.3) is 0 Å². The lowest BCUT2D eigenvalue weighted by molar-refractivity contribution is 0.0462. The van der Waals surface area contributed by atoms with Crippen LogP contribution in [0, 0.1) is 0 Å². The van der Waals surface area contributed by atoms with Crippen LogP contribution in [0.4, 0.5) is 8.78 Å². The zero-order valence-electron chi connectivity index (χ0n) is 14.5. The van der Waals surface area contributed by atoms with Crippen LogP contribution in [0.15, 0.2) is 77.7 Å². The maximum atomic E-state index is 15.5. The Balaban J connectivity index is 1.87. The molecule has 0 saturated heterocycles. The average Bonchev–Trinajstić information content (AvgIpc) is 3.50. The first-order valence-corrected chi connectivity index (χ1v) is 10.3. The third-order valence-electron chi connectivity index (χ3n) is 4.86. The van der Waals surface area contributed by atoms with Gasteiger partial charge in [0.15, 0.2) is 0 Å². The van der Waals surface area contributed by atoms with Crippen LogP contribution in [0.2, 0.25) is 0 Å². The van der Waals surface area contributed by atoms with Crippen LogP contribution in [-0.2, 0) is 9.84 Å². The fraction of sp³-hybridized carbons (Fsp3) is 0.238. The van der Waals surface area contributed by atoms with Gasteiger partial charge in [0.2, 0.25) is 9.84 Å². The van der Waals surface area contributed by atoms with E-state index in [2.05, 4.69) is 5.32 Å². The Labute approximate surface area is 156 Å². The Bertz CT molecular complexity index is 1060. The van der Waals surface area contributed by atoms with Crippen molar-refractivity contribution >= 4 is 20.6 Å². The normalized spacial score (nSPS) is 16.4. The van der Waals surface area contributed by atoms with Crippen LogP contribution in [0.3, 0.4) is 0 Å². The molecule has 1 fully saturated rings. The first kappa shape index (κ1) is 18.1. The largest absolute Gasteiger partial charge is 0.368 e. The number of sulfone groups is 1. The Kier molecular flexibility index (Phi) is 4.48. The predicted molar refractivity (Wildman–Crippen MR) is 101 cm³/mol. The molecule has 1 aliphatic carbocycles. The minimum absolute atomic E-state index is 0.0918. The zero-order chi connectivity index (χ0) is 19.1. The van der Waals surface area contributed by atoms with Gasteiger partial charge in [-0.2, -0.15) is 8.78 Å². The summed E-state index contributed by atoms with van der Waals surface area (Å²) in [6, 6.07) is 17.5. The Hall–Kier alpha value is -2.31. The van der Waals surface area contributed by atoms with Gasteiger partial charge in [-0.3, -0.25) is 0 Å². The van der Waals surface area contributed by atoms with Crippen molar-refractivity contribution < 1.29 is 17.2 Å². The summed E-state index contributed by atoms with van der Waals surface area (Å²) in [7, 11) is -4.87. The fourth-order valence-electron chi connectivity index (χ4n) is 3.27. The van der Waals surface area contributed by atoms with Gasteiger partial charge >= 0.3 is 5.25 Å². The highest BCUT2D eigenvalue weighted by atomic mass is 32.2. The van der Waals surface area contributed by atoms with Crippen LogP contribution in [0.1, 0.15) is 24.4 Å². The van der Waals surface area contributed by atoms with Crippen LogP contribution in [0.25, 0.3) is 10.8 Å². The van der Waals surface area contributed by atoms with Crippen molar-refractivity contribution in [2.24, 2.45) is 0 Å².